The van der Waals surface area contributed by atoms with Crippen LogP contribution in [0.2, 0.25) is 0 Å². The highest BCUT2D eigenvalue weighted by Crippen LogP contribution is 2.01. The Kier molecular flexibility index (Phi) is 5.48. The van der Waals surface area contributed by atoms with Crippen molar-refractivity contribution in [3.8, 4) is 0 Å². The molecule has 0 aliphatic rings. The maximum atomic E-state index is 11.8. The normalized spacial score (nSPS) is 10.1. The van der Waals surface area contributed by atoms with E-state index in [1.807, 2.05) is 37.5 Å². The molecule has 0 aliphatic carbocycles. The van der Waals surface area contributed by atoms with Gasteiger partial charge in [0.25, 0.3) is 5.91 Å². The van der Waals surface area contributed by atoms with Crippen molar-refractivity contribution in [3.63, 3.8) is 0 Å². The number of ether oxygens (including phenoxy) is 1. The summed E-state index contributed by atoms with van der Waals surface area (Å²) < 4.78 is 6.66. The summed E-state index contributed by atoms with van der Waals surface area (Å²) in [7, 11) is 0. The molecule has 0 saturated carbocycles. The quantitative estimate of drug-likeness (QED) is 0.626. The summed E-state index contributed by atoms with van der Waals surface area (Å²) in [5.41, 5.74) is 3.20. The Labute approximate surface area is 113 Å². The monoisotopic (exact) mass is 265 g/mol. The van der Waals surface area contributed by atoms with Crippen LogP contribution in [0, 0.1) is 20.8 Å². The molecule has 0 saturated heterocycles. The lowest BCUT2D eigenvalue weighted by Gasteiger charge is -2.06. The first-order valence-electron chi connectivity index (χ1n) is 6.34. The molecule has 0 spiro atoms. The Hall–Kier alpha value is -1.91. The molecule has 0 bridgehead atoms. The van der Waals surface area contributed by atoms with Gasteiger partial charge in [0.15, 0.2) is 11.4 Å². The fraction of sp³-hybridized carbons (Fsp3) is 0.500. The molecular weight excluding hydrogens is 244 g/mol. The van der Waals surface area contributed by atoms with Gasteiger partial charge >= 0.3 is 5.97 Å². The van der Waals surface area contributed by atoms with Crippen molar-refractivity contribution in [3.05, 3.63) is 29.1 Å². The Morgan fingerprint density at radius 2 is 1.79 bits per heavy atom. The number of carbonyl (C=O) groups is 2. The van der Waals surface area contributed by atoms with Crippen molar-refractivity contribution in [1.82, 2.24) is 5.32 Å². The van der Waals surface area contributed by atoms with E-state index in [0.29, 0.717) is 6.61 Å². The topological polar surface area (TPSA) is 59.3 Å². The van der Waals surface area contributed by atoms with E-state index in [1.54, 1.807) is 6.92 Å². The van der Waals surface area contributed by atoms with Crippen molar-refractivity contribution >= 4 is 11.9 Å². The minimum Gasteiger partial charge on any atom is -0.465 e. The summed E-state index contributed by atoms with van der Waals surface area (Å²) in [6.07, 6.45) is 0. The molecule has 5 nitrogen and oxygen atoms in total. The summed E-state index contributed by atoms with van der Waals surface area (Å²) >= 11 is 0. The lowest BCUT2D eigenvalue weighted by atomic mass is 10.2. The number of nitrogens with zero attached hydrogens (tertiary/aromatic N) is 1. The van der Waals surface area contributed by atoms with Crippen LogP contribution in [-0.4, -0.2) is 25.0 Å². The van der Waals surface area contributed by atoms with Crippen molar-refractivity contribution < 1.29 is 18.9 Å². The summed E-state index contributed by atoms with van der Waals surface area (Å²) in [5, 5.41) is 2.55. The third-order valence-corrected chi connectivity index (χ3v) is 2.76. The number of hydrogen-bond donors (Lipinski definition) is 1. The van der Waals surface area contributed by atoms with Crippen molar-refractivity contribution in [2.24, 2.45) is 0 Å². The van der Waals surface area contributed by atoms with Gasteiger partial charge in [-0.1, -0.05) is 0 Å². The van der Waals surface area contributed by atoms with Crippen LogP contribution < -0.4 is 9.88 Å². The number of esters is 1. The Morgan fingerprint density at radius 3 is 2.32 bits per heavy atom. The van der Waals surface area contributed by atoms with Crippen molar-refractivity contribution in [1.29, 1.82) is 0 Å². The first-order valence-corrected chi connectivity index (χ1v) is 6.34. The van der Waals surface area contributed by atoms with Gasteiger partial charge in [-0.15, -0.1) is 0 Å². The van der Waals surface area contributed by atoms with Gasteiger partial charge < -0.3 is 10.1 Å². The molecular formula is C14H21N2O3+. The van der Waals surface area contributed by atoms with E-state index in [2.05, 4.69) is 5.32 Å². The number of pyridine rings is 1. The molecule has 19 heavy (non-hydrogen) atoms. The van der Waals surface area contributed by atoms with E-state index in [-0.39, 0.29) is 19.0 Å². The predicted octanol–water partition coefficient (Wildman–Crippen LogP) is 0.579. The molecule has 1 aromatic heterocycles. The van der Waals surface area contributed by atoms with Gasteiger partial charge in [-0.2, -0.15) is 4.57 Å². The molecule has 1 aromatic rings. The molecule has 0 unspecified atom stereocenters. The van der Waals surface area contributed by atoms with Crippen molar-refractivity contribution in [2.45, 2.75) is 34.2 Å². The number of carbonyl (C=O) groups excluding carboxylic acids is 2. The van der Waals surface area contributed by atoms with Crippen LogP contribution >= 0.6 is 0 Å². The summed E-state index contributed by atoms with van der Waals surface area (Å²) in [6.45, 7) is 8.10. The molecule has 0 atom stereocenters. The van der Waals surface area contributed by atoms with E-state index in [9.17, 15) is 9.59 Å². The Bertz CT molecular complexity index is 461. The van der Waals surface area contributed by atoms with E-state index in [0.717, 1.165) is 17.0 Å². The van der Waals surface area contributed by atoms with Crippen LogP contribution in [0.15, 0.2) is 12.1 Å². The SMILES string of the molecule is CCOC(=O)CNC(=O)C[n+]1c(C)cc(C)cc1C. The number of rotatable bonds is 5. The smallest absolute Gasteiger partial charge is 0.325 e. The molecule has 5 heteroatoms. The zero-order chi connectivity index (χ0) is 14.4. The number of aromatic nitrogens is 1. The van der Waals surface area contributed by atoms with Crippen LogP contribution in [0.1, 0.15) is 23.9 Å². The minimum atomic E-state index is -0.418. The zero-order valence-electron chi connectivity index (χ0n) is 11.9. The molecule has 0 aromatic carbocycles. The molecule has 104 valence electrons. The summed E-state index contributed by atoms with van der Waals surface area (Å²) in [5.74, 6) is -0.619. The molecule has 1 N–H and O–H groups in total. The van der Waals surface area contributed by atoms with Gasteiger partial charge in [-0.3, -0.25) is 9.59 Å². The van der Waals surface area contributed by atoms with Gasteiger partial charge in [0, 0.05) is 26.0 Å². The van der Waals surface area contributed by atoms with Crippen molar-refractivity contribution in [2.75, 3.05) is 13.2 Å². The highest BCUT2D eigenvalue weighted by Gasteiger charge is 2.16. The van der Waals surface area contributed by atoms with E-state index in [4.69, 9.17) is 4.74 Å². The first kappa shape index (κ1) is 15.1. The van der Waals surface area contributed by atoms with E-state index in [1.165, 1.54) is 0 Å². The van der Waals surface area contributed by atoms with Crippen LogP contribution in [0.25, 0.3) is 0 Å². The molecule has 1 rings (SSSR count). The zero-order valence-corrected chi connectivity index (χ0v) is 11.9. The van der Waals surface area contributed by atoms with Crippen LogP contribution in [0.5, 0.6) is 0 Å². The van der Waals surface area contributed by atoms with Crippen LogP contribution in [-0.2, 0) is 20.9 Å². The molecule has 0 aliphatic heterocycles. The second-order valence-corrected chi connectivity index (χ2v) is 4.48. The number of aryl methyl sites for hydroxylation is 3. The standard InChI is InChI=1S/C14H20N2O3/c1-5-19-14(18)8-15-13(17)9-16-11(3)6-10(2)7-12(16)4/h6-7H,5,8-9H2,1-4H3/p+1. The minimum absolute atomic E-state index is 0.0861. The largest absolute Gasteiger partial charge is 0.465 e. The van der Waals surface area contributed by atoms with Gasteiger partial charge in [0.1, 0.15) is 6.54 Å². The lowest BCUT2D eigenvalue weighted by Crippen LogP contribution is -2.48. The molecule has 1 heterocycles. The molecule has 1 amide bonds. The van der Waals surface area contributed by atoms with Gasteiger partial charge in [-0.25, -0.2) is 0 Å². The fourth-order valence-corrected chi connectivity index (χ4v) is 1.97. The van der Waals surface area contributed by atoms with Crippen LogP contribution in [0.3, 0.4) is 0 Å². The maximum absolute atomic E-state index is 11.8. The highest BCUT2D eigenvalue weighted by molar-refractivity contribution is 5.81. The summed E-state index contributed by atoms with van der Waals surface area (Å²) in [6, 6.07) is 4.04. The number of amides is 1. The summed E-state index contributed by atoms with van der Waals surface area (Å²) in [4.78, 5) is 22.9. The fourth-order valence-electron chi connectivity index (χ4n) is 1.97. The van der Waals surface area contributed by atoms with E-state index >= 15 is 0 Å². The predicted molar refractivity (Wildman–Crippen MR) is 70.5 cm³/mol. The molecule has 0 fully saturated rings. The molecule has 0 radical (unpaired) electrons. The average Bonchev–Trinajstić information content (AvgIpc) is 2.31. The Morgan fingerprint density at radius 1 is 1.21 bits per heavy atom. The van der Waals surface area contributed by atoms with Gasteiger partial charge in [-0.05, 0) is 19.4 Å². The highest BCUT2D eigenvalue weighted by atomic mass is 16.5. The van der Waals surface area contributed by atoms with Gasteiger partial charge in [0.05, 0.1) is 6.61 Å². The Balaban J connectivity index is 2.60. The number of nitrogens with one attached hydrogen (secondary N) is 1. The second kappa shape index (κ2) is 6.87. The maximum Gasteiger partial charge on any atom is 0.325 e. The van der Waals surface area contributed by atoms with Gasteiger partial charge in [0.2, 0.25) is 6.54 Å². The second-order valence-electron chi connectivity index (χ2n) is 4.48. The average molecular weight is 265 g/mol. The third kappa shape index (κ3) is 4.69. The number of hydrogen-bond acceptors (Lipinski definition) is 3. The first-order chi connectivity index (χ1) is 8.93. The van der Waals surface area contributed by atoms with E-state index < -0.39 is 5.97 Å². The third-order valence-electron chi connectivity index (χ3n) is 2.76. The van der Waals surface area contributed by atoms with Crippen LogP contribution in [0.4, 0.5) is 0 Å². The lowest BCUT2D eigenvalue weighted by molar-refractivity contribution is -0.696.